The van der Waals surface area contributed by atoms with Crippen molar-refractivity contribution in [3.05, 3.63) is 22.6 Å². The topological polar surface area (TPSA) is 39.2 Å². The van der Waals surface area contributed by atoms with E-state index in [1.165, 1.54) is 57.8 Å². The highest BCUT2D eigenvalue weighted by Crippen LogP contribution is 2.26. The van der Waals surface area contributed by atoms with Crippen LogP contribution in [0.2, 0.25) is 0 Å². The Hall–Kier alpha value is -0.280. The molecule has 0 spiro atoms. The summed E-state index contributed by atoms with van der Waals surface area (Å²) in [5, 5.41) is 0. The number of hydrogen-bond donors (Lipinski definition) is 1. The fourth-order valence-electron chi connectivity index (χ4n) is 2.38. The lowest BCUT2D eigenvalue weighted by Crippen LogP contribution is -2.09. The molecular weight excluding hydrogens is 302 g/mol. The Kier molecular flexibility index (Phi) is 9.27. The Morgan fingerprint density at radius 3 is 2.16 bits per heavy atom. The summed E-state index contributed by atoms with van der Waals surface area (Å²) in [6.07, 6.45) is 14.9. The van der Waals surface area contributed by atoms with Gasteiger partial charge in [0, 0.05) is 0 Å². The number of hydrogen-bond acceptors (Lipinski definition) is 2. The van der Waals surface area contributed by atoms with Crippen LogP contribution < -0.4 is 5.73 Å². The molecule has 0 saturated carbocycles. The Balaban J connectivity index is 1.95. The van der Waals surface area contributed by atoms with Gasteiger partial charge in [0.1, 0.15) is 5.76 Å². The maximum absolute atomic E-state index is 6.11. The van der Waals surface area contributed by atoms with E-state index in [9.17, 15) is 0 Å². The van der Waals surface area contributed by atoms with Gasteiger partial charge in [-0.1, -0.05) is 64.7 Å². The number of rotatable bonds is 11. The van der Waals surface area contributed by atoms with Gasteiger partial charge in [0.2, 0.25) is 0 Å². The molecule has 19 heavy (non-hydrogen) atoms. The van der Waals surface area contributed by atoms with E-state index < -0.39 is 0 Å². The third-order valence-corrected chi connectivity index (χ3v) is 4.26. The van der Waals surface area contributed by atoms with Crippen LogP contribution in [0.3, 0.4) is 0 Å². The minimum Gasteiger partial charge on any atom is -0.466 e. The van der Waals surface area contributed by atoms with Crippen molar-refractivity contribution in [3.8, 4) is 0 Å². The average Bonchev–Trinajstić information content (AvgIpc) is 2.83. The molecule has 2 N–H and O–H groups in total. The molecule has 0 aliphatic heterocycles. The van der Waals surface area contributed by atoms with Crippen LogP contribution >= 0.6 is 15.9 Å². The van der Waals surface area contributed by atoms with Crippen molar-refractivity contribution in [3.63, 3.8) is 0 Å². The van der Waals surface area contributed by atoms with Crippen LogP contribution in [0.5, 0.6) is 0 Å². The van der Waals surface area contributed by atoms with Gasteiger partial charge < -0.3 is 10.2 Å². The average molecular weight is 330 g/mol. The molecule has 1 aromatic heterocycles. The minimum absolute atomic E-state index is 0.0360. The predicted octanol–water partition coefficient (Wildman–Crippen LogP) is 5.96. The maximum Gasteiger partial charge on any atom is 0.134 e. The largest absolute Gasteiger partial charge is 0.466 e. The van der Waals surface area contributed by atoms with Gasteiger partial charge in [-0.05, 0) is 28.4 Å². The van der Waals surface area contributed by atoms with E-state index >= 15 is 0 Å². The molecule has 0 fully saturated rings. The van der Waals surface area contributed by atoms with Gasteiger partial charge in [-0.2, -0.15) is 0 Å². The lowest BCUT2D eigenvalue weighted by Gasteiger charge is -2.09. The van der Waals surface area contributed by atoms with Gasteiger partial charge >= 0.3 is 0 Å². The van der Waals surface area contributed by atoms with Crippen LogP contribution in [0, 0.1) is 0 Å². The molecule has 1 aromatic rings. The molecule has 3 heteroatoms. The smallest absolute Gasteiger partial charge is 0.134 e. The van der Waals surface area contributed by atoms with E-state index in [2.05, 4.69) is 22.9 Å². The third-order valence-electron chi connectivity index (χ3n) is 3.60. The van der Waals surface area contributed by atoms with Crippen molar-refractivity contribution >= 4 is 15.9 Å². The van der Waals surface area contributed by atoms with Crippen molar-refractivity contribution in [2.24, 2.45) is 5.73 Å². The number of unbranched alkanes of at least 4 members (excludes halogenated alkanes) is 8. The van der Waals surface area contributed by atoms with Crippen LogP contribution in [-0.2, 0) is 0 Å². The Labute approximate surface area is 126 Å². The molecule has 0 bridgehead atoms. The molecule has 2 nitrogen and oxygen atoms in total. The second-order valence-electron chi connectivity index (χ2n) is 5.36. The van der Waals surface area contributed by atoms with Crippen molar-refractivity contribution in [2.75, 3.05) is 0 Å². The molecule has 1 rings (SSSR count). The minimum atomic E-state index is 0.0360. The Bertz CT molecular complexity index is 324. The summed E-state index contributed by atoms with van der Waals surface area (Å²) in [6, 6.07) is 1.94. The van der Waals surface area contributed by atoms with Crippen molar-refractivity contribution in [1.29, 1.82) is 0 Å². The van der Waals surface area contributed by atoms with Gasteiger partial charge in [0.25, 0.3) is 0 Å². The lowest BCUT2D eigenvalue weighted by molar-refractivity contribution is 0.435. The first-order valence-corrected chi connectivity index (χ1v) is 8.53. The van der Waals surface area contributed by atoms with Crippen LogP contribution in [0.25, 0.3) is 0 Å². The molecule has 0 aromatic carbocycles. The second kappa shape index (κ2) is 10.5. The fourth-order valence-corrected chi connectivity index (χ4v) is 2.87. The zero-order valence-electron chi connectivity index (χ0n) is 12.2. The Morgan fingerprint density at radius 1 is 1.05 bits per heavy atom. The molecule has 0 aliphatic carbocycles. The van der Waals surface area contributed by atoms with Gasteiger partial charge in [0.15, 0.2) is 0 Å². The number of nitrogens with two attached hydrogens (primary N) is 1. The van der Waals surface area contributed by atoms with Crippen molar-refractivity contribution < 1.29 is 4.42 Å². The first-order chi connectivity index (χ1) is 9.25. The van der Waals surface area contributed by atoms with Crippen molar-refractivity contribution in [2.45, 2.75) is 77.2 Å². The summed E-state index contributed by atoms with van der Waals surface area (Å²) in [6.45, 7) is 2.26. The van der Waals surface area contributed by atoms with Crippen molar-refractivity contribution in [1.82, 2.24) is 0 Å². The predicted molar refractivity (Wildman–Crippen MR) is 85.2 cm³/mol. The summed E-state index contributed by atoms with van der Waals surface area (Å²) in [5.74, 6) is 0.888. The molecule has 0 radical (unpaired) electrons. The molecule has 1 atom stereocenters. The van der Waals surface area contributed by atoms with E-state index in [1.54, 1.807) is 6.26 Å². The van der Waals surface area contributed by atoms with Gasteiger partial charge in [-0.3, -0.25) is 0 Å². The highest BCUT2D eigenvalue weighted by Gasteiger charge is 2.12. The summed E-state index contributed by atoms with van der Waals surface area (Å²) in [5.41, 5.74) is 6.11. The SMILES string of the molecule is CCCCCCCCCCCC(N)c1occc1Br. The van der Waals surface area contributed by atoms with Gasteiger partial charge in [0.05, 0.1) is 16.8 Å². The molecule has 0 amide bonds. The van der Waals surface area contributed by atoms with E-state index in [4.69, 9.17) is 10.2 Å². The highest BCUT2D eigenvalue weighted by molar-refractivity contribution is 9.10. The number of halogens is 1. The van der Waals surface area contributed by atoms with Crippen LogP contribution in [0.1, 0.15) is 82.9 Å². The normalized spacial score (nSPS) is 12.8. The zero-order valence-corrected chi connectivity index (χ0v) is 13.8. The molecule has 0 saturated heterocycles. The Morgan fingerprint density at radius 2 is 1.63 bits per heavy atom. The standard InChI is InChI=1S/C16H28BrNO/c1-2-3-4-5-6-7-8-9-10-11-15(18)16-14(17)12-13-19-16/h12-13,15H,2-11,18H2,1H3. The molecule has 1 heterocycles. The summed E-state index contributed by atoms with van der Waals surface area (Å²) in [4.78, 5) is 0. The van der Waals surface area contributed by atoms with E-state index in [0.717, 1.165) is 16.7 Å². The van der Waals surface area contributed by atoms with Crippen LogP contribution in [0.15, 0.2) is 21.2 Å². The third kappa shape index (κ3) is 7.17. The zero-order chi connectivity index (χ0) is 13.9. The van der Waals surface area contributed by atoms with Gasteiger partial charge in [-0.25, -0.2) is 0 Å². The van der Waals surface area contributed by atoms with E-state index in [1.807, 2.05) is 6.07 Å². The number of furan rings is 1. The monoisotopic (exact) mass is 329 g/mol. The van der Waals surface area contributed by atoms with E-state index in [0.29, 0.717) is 0 Å². The summed E-state index contributed by atoms with van der Waals surface area (Å²) >= 11 is 3.46. The second-order valence-corrected chi connectivity index (χ2v) is 6.21. The molecule has 1 unspecified atom stereocenters. The van der Waals surface area contributed by atoms with E-state index in [-0.39, 0.29) is 6.04 Å². The van der Waals surface area contributed by atoms with Crippen LogP contribution in [0.4, 0.5) is 0 Å². The fraction of sp³-hybridized carbons (Fsp3) is 0.750. The van der Waals surface area contributed by atoms with Crippen LogP contribution in [-0.4, -0.2) is 0 Å². The highest BCUT2D eigenvalue weighted by atomic mass is 79.9. The molecule has 110 valence electrons. The lowest BCUT2D eigenvalue weighted by atomic mass is 10.0. The molecular formula is C16H28BrNO. The first-order valence-electron chi connectivity index (χ1n) is 7.74. The first kappa shape index (κ1) is 16.8. The quantitative estimate of drug-likeness (QED) is 0.508. The summed E-state index contributed by atoms with van der Waals surface area (Å²) in [7, 11) is 0. The van der Waals surface area contributed by atoms with Gasteiger partial charge in [-0.15, -0.1) is 0 Å². The molecule has 0 aliphatic rings. The summed E-state index contributed by atoms with van der Waals surface area (Å²) < 4.78 is 6.38. The maximum atomic E-state index is 6.11.